The van der Waals surface area contributed by atoms with Crippen LogP contribution in [0.4, 0.5) is 0 Å². The summed E-state index contributed by atoms with van der Waals surface area (Å²) in [6.07, 6.45) is 2.43. The van der Waals surface area contributed by atoms with Gasteiger partial charge in [0.2, 0.25) is 5.91 Å². The van der Waals surface area contributed by atoms with E-state index in [4.69, 9.17) is 0 Å². The van der Waals surface area contributed by atoms with Gasteiger partial charge in [-0.2, -0.15) is 0 Å². The lowest BCUT2D eigenvalue weighted by Gasteiger charge is -2.42. The number of nitrogens with zero attached hydrogens (tertiary/aromatic N) is 1. The summed E-state index contributed by atoms with van der Waals surface area (Å²) < 4.78 is 0. The average Bonchev–Trinajstić information content (AvgIpc) is 2.65. The maximum absolute atomic E-state index is 11.5. The van der Waals surface area contributed by atoms with E-state index in [0.29, 0.717) is 6.54 Å². The highest BCUT2D eigenvalue weighted by Gasteiger charge is 2.37. The number of aryl methyl sites for hydroxylation is 1. The molecule has 0 fully saturated rings. The van der Waals surface area contributed by atoms with Gasteiger partial charge in [-0.15, -0.1) is 0 Å². The van der Waals surface area contributed by atoms with Crippen molar-refractivity contribution in [1.82, 2.24) is 4.90 Å². The second-order valence-corrected chi connectivity index (χ2v) is 10.0. The second-order valence-electron chi connectivity index (χ2n) is 10.0. The second kappa shape index (κ2) is 7.48. The lowest BCUT2D eigenvalue weighted by molar-refractivity contribution is -0.128. The van der Waals surface area contributed by atoms with Crippen LogP contribution in [0.5, 0.6) is 0 Å². The Hall–Kier alpha value is -2.35. The van der Waals surface area contributed by atoms with Gasteiger partial charge in [0.1, 0.15) is 0 Å². The van der Waals surface area contributed by atoms with Gasteiger partial charge < -0.3 is 4.90 Å². The Kier molecular flexibility index (Phi) is 5.51. The summed E-state index contributed by atoms with van der Waals surface area (Å²) in [5.41, 5.74) is 9.23. The fraction of sp³-hybridized carbons (Fsp3) is 0.444. The Bertz CT molecular complexity index is 947. The van der Waals surface area contributed by atoms with Gasteiger partial charge >= 0.3 is 0 Å². The number of hydrogen-bond acceptors (Lipinski definition) is 1. The van der Waals surface area contributed by atoms with Crippen molar-refractivity contribution in [2.75, 3.05) is 7.05 Å². The number of fused-ring (bicyclic) bond motifs is 1. The monoisotopic (exact) mass is 389 g/mol. The SMILES string of the molecule is C=C(c1ccc(CN(C)C(C)=O)cc1)c1cc2c(cc1C)C(C)(C)CCC2(C)C. The molecule has 0 atom stereocenters. The molecule has 154 valence electrons. The highest BCUT2D eigenvalue weighted by molar-refractivity contribution is 5.80. The standard InChI is InChI=1S/C27H35NO/c1-18-15-24-25(27(6,7)14-13-26(24,4)5)16-23(18)19(2)22-11-9-21(10-12-22)17-28(8)20(3)29/h9-12,15-16H,2,13-14,17H2,1,3-8H3. The van der Waals surface area contributed by atoms with Crippen LogP contribution in [0.1, 0.15) is 80.8 Å². The number of carbonyl (C=O) groups excluding carboxylic acids is 1. The fourth-order valence-corrected chi connectivity index (χ4v) is 4.40. The molecule has 0 aromatic heterocycles. The van der Waals surface area contributed by atoms with E-state index < -0.39 is 0 Å². The summed E-state index contributed by atoms with van der Waals surface area (Å²) >= 11 is 0. The lowest BCUT2D eigenvalue weighted by atomic mass is 9.62. The molecule has 29 heavy (non-hydrogen) atoms. The third-order valence-corrected chi connectivity index (χ3v) is 6.78. The first-order valence-electron chi connectivity index (χ1n) is 10.6. The summed E-state index contributed by atoms with van der Waals surface area (Å²) in [6, 6.07) is 13.2. The van der Waals surface area contributed by atoms with Crippen LogP contribution in [-0.4, -0.2) is 17.9 Å². The molecule has 3 rings (SSSR count). The van der Waals surface area contributed by atoms with Crippen molar-refractivity contribution in [3.05, 3.63) is 76.4 Å². The van der Waals surface area contributed by atoms with Gasteiger partial charge in [-0.05, 0) is 69.5 Å². The van der Waals surface area contributed by atoms with Crippen LogP contribution in [0.25, 0.3) is 5.57 Å². The normalized spacial score (nSPS) is 16.8. The van der Waals surface area contributed by atoms with Gasteiger partial charge in [0.25, 0.3) is 0 Å². The summed E-state index contributed by atoms with van der Waals surface area (Å²) in [6.45, 7) is 18.3. The molecule has 0 radical (unpaired) electrons. The minimum atomic E-state index is 0.0775. The Morgan fingerprint density at radius 3 is 2.03 bits per heavy atom. The molecule has 0 saturated carbocycles. The van der Waals surface area contributed by atoms with Crippen molar-refractivity contribution < 1.29 is 4.79 Å². The van der Waals surface area contributed by atoms with E-state index in [0.717, 1.165) is 16.7 Å². The van der Waals surface area contributed by atoms with E-state index >= 15 is 0 Å². The number of benzene rings is 2. The van der Waals surface area contributed by atoms with E-state index in [1.807, 2.05) is 7.05 Å². The van der Waals surface area contributed by atoms with Crippen molar-refractivity contribution in [1.29, 1.82) is 0 Å². The Morgan fingerprint density at radius 2 is 1.52 bits per heavy atom. The summed E-state index contributed by atoms with van der Waals surface area (Å²) in [4.78, 5) is 13.2. The van der Waals surface area contributed by atoms with Crippen molar-refractivity contribution in [2.45, 2.75) is 71.8 Å². The van der Waals surface area contributed by atoms with Crippen LogP contribution in [0, 0.1) is 6.92 Å². The largest absolute Gasteiger partial charge is 0.342 e. The molecule has 0 bridgehead atoms. The molecule has 1 amide bonds. The molecule has 2 aromatic rings. The minimum Gasteiger partial charge on any atom is -0.342 e. The zero-order valence-corrected chi connectivity index (χ0v) is 19.1. The topological polar surface area (TPSA) is 20.3 Å². The minimum absolute atomic E-state index is 0.0775. The van der Waals surface area contributed by atoms with Crippen molar-refractivity contribution in [3.8, 4) is 0 Å². The van der Waals surface area contributed by atoms with E-state index in [1.54, 1.807) is 11.8 Å². The summed E-state index contributed by atoms with van der Waals surface area (Å²) in [7, 11) is 1.83. The van der Waals surface area contributed by atoms with Crippen LogP contribution >= 0.6 is 0 Å². The molecular formula is C27H35NO. The van der Waals surface area contributed by atoms with Crippen LogP contribution in [0.2, 0.25) is 0 Å². The summed E-state index contributed by atoms with van der Waals surface area (Å²) in [5.74, 6) is 0.0775. The molecule has 2 nitrogen and oxygen atoms in total. The van der Waals surface area contributed by atoms with Gasteiger partial charge in [-0.1, -0.05) is 70.7 Å². The maximum atomic E-state index is 11.5. The van der Waals surface area contributed by atoms with Crippen molar-refractivity contribution in [2.24, 2.45) is 0 Å². The number of amides is 1. The first-order valence-corrected chi connectivity index (χ1v) is 10.6. The molecule has 0 N–H and O–H groups in total. The van der Waals surface area contributed by atoms with Crippen LogP contribution in [0.3, 0.4) is 0 Å². The quantitative estimate of drug-likeness (QED) is 0.594. The zero-order valence-electron chi connectivity index (χ0n) is 19.1. The molecule has 2 aromatic carbocycles. The Balaban J connectivity index is 1.95. The first-order chi connectivity index (χ1) is 13.4. The zero-order chi connectivity index (χ0) is 21.6. The molecule has 0 spiro atoms. The highest BCUT2D eigenvalue weighted by Crippen LogP contribution is 2.47. The van der Waals surface area contributed by atoms with E-state index in [-0.39, 0.29) is 16.7 Å². The van der Waals surface area contributed by atoms with Crippen LogP contribution in [0.15, 0.2) is 43.0 Å². The summed E-state index contributed by atoms with van der Waals surface area (Å²) in [5, 5.41) is 0. The predicted octanol–water partition coefficient (Wildman–Crippen LogP) is 6.38. The number of carbonyl (C=O) groups is 1. The molecule has 2 heteroatoms. The van der Waals surface area contributed by atoms with Crippen LogP contribution in [-0.2, 0) is 22.2 Å². The van der Waals surface area contributed by atoms with Crippen molar-refractivity contribution >= 4 is 11.5 Å². The molecule has 1 aliphatic rings. The van der Waals surface area contributed by atoms with Gasteiger partial charge in [0.15, 0.2) is 0 Å². The van der Waals surface area contributed by atoms with E-state index in [1.165, 1.54) is 35.1 Å². The molecule has 0 heterocycles. The number of rotatable bonds is 4. The van der Waals surface area contributed by atoms with Gasteiger partial charge in [0.05, 0.1) is 0 Å². The lowest BCUT2D eigenvalue weighted by Crippen LogP contribution is -2.34. The third-order valence-electron chi connectivity index (χ3n) is 6.78. The predicted molar refractivity (Wildman–Crippen MR) is 123 cm³/mol. The van der Waals surface area contributed by atoms with Gasteiger partial charge in [0, 0.05) is 20.5 Å². The van der Waals surface area contributed by atoms with Crippen molar-refractivity contribution in [3.63, 3.8) is 0 Å². The average molecular weight is 390 g/mol. The highest BCUT2D eigenvalue weighted by atomic mass is 16.2. The molecule has 1 aliphatic carbocycles. The Morgan fingerprint density at radius 1 is 1.00 bits per heavy atom. The van der Waals surface area contributed by atoms with E-state index in [9.17, 15) is 4.79 Å². The number of hydrogen-bond donors (Lipinski definition) is 0. The molecule has 0 aliphatic heterocycles. The van der Waals surface area contributed by atoms with Gasteiger partial charge in [-0.3, -0.25) is 4.79 Å². The van der Waals surface area contributed by atoms with E-state index in [2.05, 4.69) is 77.6 Å². The fourth-order valence-electron chi connectivity index (χ4n) is 4.40. The Labute approximate surface area is 176 Å². The van der Waals surface area contributed by atoms with Crippen LogP contribution < -0.4 is 0 Å². The van der Waals surface area contributed by atoms with Gasteiger partial charge in [-0.25, -0.2) is 0 Å². The smallest absolute Gasteiger partial charge is 0.219 e. The molecule has 0 unspecified atom stereocenters. The molecular weight excluding hydrogens is 354 g/mol. The first kappa shape index (κ1) is 21.4. The maximum Gasteiger partial charge on any atom is 0.219 e. The molecule has 0 saturated heterocycles. The third kappa shape index (κ3) is 4.17.